The van der Waals surface area contributed by atoms with Gasteiger partial charge in [-0.2, -0.15) is 0 Å². The van der Waals surface area contributed by atoms with E-state index in [0.717, 1.165) is 16.3 Å². The molecule has 0 spiro atoms. The van der Waals surface area contributed by atoms with Crippen molar-refractivity contribution in [3.05, 3.63) is 34.9 Å². The molecule has 0 fully saturated rings. The standard InChI is InChI=1S/C15H16ClN3OSi/c1-21(2,3)5-4-11-12-9-19-14(16)6-10(12)8-18-13(11)7-15(17)20/h6,8-9H,7H2,1-3H3,(H2,17,20). The van der Waals surface area contributed by atoms with Gasteiger partial charge in [0.25, 0.3) is 0 Å². The molecule has 0 aliphatic rings. The van der Waals surface area contributed by atoms with Crippen molar-refractivity contribution < 1.29 is 4.79 Å². The first-order valence-electron chi connectivity index (χ1n) is 6.51. The summed E-state index contributed by atoms with van der Waals surface area (Å²) in [6.45, 7) is 6.46. The van der Waals surface area contributed by atoms with Gasteiger partial charge < -0.3 is 5.73 Å². The van der Waals surface area contributed by atoms with Gasteiger partial charge in [0.2, 0.25) is 5.91 Å². The highest BCUT2D eigenvalue weighted by Crippen LogP contribution is 2.22. The van der Waals surface area contributed by atoms with E-state index >= 15 is 0 Å². The first-order chi connectivity index (χ1) is 9.76. The number of halogens is 1. The number of carbonyl (C=O) groups is 1. The average molecular weight is 318 g/mol. The molecule has 2 heterocycles. The summed E-state index contributed by atoms with van der Waals surface area (Å²) in [5, 5.41) is 2.09. The number of nitrogens with two attached hydrogens (primary N) is 1. The highest BCUT2D eigenvalue weighted by Gasteiger charge is 2.13. The lowest BCUT2D eigenvalue weighted by Gasteiger charge is -2.08. The predicted molar refractivity (Wildman–Crippen MR) is 87.7 cm³/mol. The summed E-state index contributed by atoms with van der Waals surface area (Å²) in [7, 11) is -1.55. The highest BCUT2D eigenvalue weighted by molar-refractivity contribution is 6.83. The smallest absolute Gasteiger partial charge is 0.223 e. The molecule has 0 atom stereocenters. The van der Waals surface area contributed by atoms with Gasteiger partial charge in [0.05, 0.1) is 17.7 Å². The van der Waals surface area contributed by atoms with Crippen LogP contribution in [0.5, 0.6) is 0 Å². The van der Waals surface area contributed by atoms with E-state index in [1.54, 1.807) is 18.5 Å². The van der Waals surface area contributed by atoms with Gasteiger partial charge >= 0.3 is 0 Å². The van der Waals surface area contributed by atoms with Gasteiger partial charge in [0.15, 0.2) is 0 Å². The fourth-order valence-corrected chi connectivity index (χ4v) is 2.48. The Morgan fingerprint density at radius 2 is 2.05 bits per heavy atom. The molecule has 0 saturated heterocycles. The van der Waals surface area contributed by atoms with Gasteiger partial charge in [-0.3, -0.25) is 9.78 Å². The number of rotatable bonds is 2. The number of nitrogens with zero attached hydrogens (tertiary/aromatic N) is 2. The van der Waals surface area contributed by atoms with Crippen LogP contribution in [-0.2, 0) is 11.2 Å². The Kier molecular flexibility index (Phi) is 4.31. The van der Waals surface area contributed by atoms with Crippen LogP contribution in [-0.4, -0.2) is 23.9 Å². The number of hydrogen-bond acceptors (Lipinski definition) is 3. The van der Waals surface area contributed by atoms with Gasteiger partial charge in [0.1, 0.15) is 13.2 Å². The van der Waals surface area contributed by atoms with Crippen molar-refractivity contribution in [1.29, 1.82) is 0 Å². The van der Waals surface area contributed by atoms with Crippen molar-refractivity contribution in [1.82, 2.24) is 9.97 Å². The molecular weight excluding hydrogens is 302 g/mol. The predicted octanol–water partition coefficient (Wildman–Crippen LogP) is 2.54. The number of pyridine rings is 2. The molecule has 21 heavy (non-hydrogen) atoms. The lowest BCUT2D eigenvalue weighted by molar-refractivity contribution is -0.117. The number of aromatic nitrogens is 2. The SMILES string of the molecule is C[Si](C)(C)C#Cc1c(CC(N)=O)ncc2cc(Cl)ncc12. The van der Waals surface area contributed by atoms with Crippen molar-refractivity contribution >= 4 is 36.4 Å². The lowest BCUT2D eigenvalue weighted by atomic mass is 10.1. The van der Waals surface area contributed by atoms with Crippen LogP contribution in [0.1, 0.15) is 11.3 Å². The zero-order valence-corrected chi connectivity index (χ0v) is 14.0. The van der Waals surface area contributed by atoms with Crippen molar-refractivity contribution in [3.63, 3.8) is 0 Å². The van der Waals surface area contributed by atoms with Crippen LogP contribution >= 0.6 is 11.6 Å². The van der Waals surface area contributed by atoms with Gasteiger partial charge in [-0.25, -0.2) is 4.98 Å². The van der Waals surface area contributed by atoms with Crippen molar-refractivity contribution in [2.45, 2.75) is 26.1 Å². The molecule has 2 aromatic rings. The van der Waals surface area contributed by atoms with E-state index in [1.807, 2.05) is 0 Å². The van der Waals surface area contributed by atoms with Crippen LogP contribution in [0.4, 0.5) is 0 Å². The molecule has 0 radical (unpaired) electrons. The summed E-state index contributed by atoms with van der Waals surface area (Å²) in [6, 6.07) is 1.73. The third-order valence-electron chi connectivity index (χ3n) is 2.72. The molecule has 0 unspecified atom stereocenters. The molecular formula is C15H16ClN3OSi. The molecule has 0 aliphatic carbocycles. The Morgan fingerprint density at radius 1 is 1.33 bits per heavy atom. The zero-order chi connectivity index (χ0) is 15.6. The minimum Gasteiger partial charge on any atom is -0.369 e. The molecule has 0 bridgehead atoms. The fraction of sp³-hybridized carbons (Fsp3) is 0.267. The second-order valence-electron chi connectivity index (χ2n) is 5.82. The Hall–Kier alpha value is -1.90. The summed E-state index contributed by atoms with van der Waals surface area (Å²) in [5.74, 6) is 2.75. The minimum absolute atomic E-state index is 0.0638. The van der Waals surface area contributed by atoms with E-state index in [4.69, 9.17) is 17.3 Å². The Bertz CT molecular complexity index is 772. The van der Waals surface area contributed by atoms with E-state index < -0.39 is 14.0 Å². The summed E-state index contributed by atoms with van der Waals surface area (Å²) in [5.41, 5.74) is 9.89. The van der Waals surface area contributed by atoms with Crippen LogP contribution in [0.3, 0.4) is 0 Å². The fourth-order valence-electron chi connectivity index (χ4n) is 1.82. The second kappa shape index (κ2) is 5.84. The number of primary amides is 1. The molecule has 0 aliphatic heterocycles. The molecule has 2 aromatic heterocycles. The van der Waals surface area contributed by atoms with E-state index in [-0.39, 0.29) is 6.42 Å². The molecule has 6 heteroatoms. The van der Waals surface area contributed by atoms with Gasteiger partial charge in [-0.15, -0.1) is 5.54 Å². The van der Waals surface area contributed by atoms with E-state index in [2.05, 4.69) is 41.1 Å². The topological polar surface area (TPSA) is 68.9 Å². The summed E-state index contributed by atoms with van der Waals surface area (Å²) < 4.78 is 0. The molecule has 0 saturated carbocycles. The number of hydrogen-bond donors (Lipinski definition) is 1. The van der Waals surface area contributed by atoms with Crippen LogP contribution in [0.2, 0.25) is 24.8 Å². The maximum Gasteiger partial charge on any atom is 0.223 e. The van der Waals surface area contributed by atoms with Gasteiger partial charge in [-0.1, -0.05) is 37.2 Å². The van der Waals surface area contributed by atoms with Crippen LogP contribution in [0.15, 0.2) is 18.5 Å². The van der Waals surface area contributed by atoms with E-state index in [1.165, 1.54) is 0 Å². The molecule has 2 rings (SSSR count). The second-order valence-corrected chi connectivity index (χ2v) is 11.0. The maximum atomic E-state index is 11.2. The van der Waals surface area contributed by atoms with Gasteiger partial charge in [0, 0.05) is 23.2 Å². The lowest BCUT2D eigenvalue weighted by Crippen LogP contribution is -2.17. The molecule has 108 valence electrons. The average Bonchev–Trinajstić information content (AvgIpc) is 2.35. The van der Waals surface area contributed by atoms with Crippen molar-refractivity contribution in [2.24, 2.45) is 5.73 Å². The van der Waals surface area contributed by atoms with E-state index in [9.17, 15) is 4.79 Å². The molecule has 2 N–H and O–H groups in total. The van der Waals surface area contributed by atoms with Crippen molar-refractivity contribution in [3.8, 4) is 11.5 Å². The Morgan fingerprint density at radius 3 is 2.67 bits per heavy atom. The summed E-state index contributed by atoms with van der Waals surface area (Å²) >= 11 is 5.90. The minimum atomic E-state index is -1.55. The Labute approximate surface area is 129 Å². The number of fused-ring (bicyclic) bond motifs is 1. The summed E-state index contributed by atoms with van der Waals surface area (Å²) in [4.78, 5) is 19.6. The largest absolute Gasteiger partial charge is 0.369 e. The monoisotopic (exact) mass is 317 g/mol. The first kappa shape index (κ1) is 15.5. The van der Waals surface area contributed by atoms with Crippen LogP contribution < -0.4 is 5.73 Å². The molecule has 0 aromatic carbocycles. The number of amides is 1. The molecule has 1 amide bonds. The molecule has 4 nitrogen and oxygen atoms in total. The number of carbonyl (C=O) groups excluding carboxylic acids is 1. The van der Waals surface area contributed by atoms with Gasteiger partial charge in [-0.05, 0) is 6.07 Å². The Balaban J connectivity index is 2.69. The first-order valence-corrected chi connectivity index (χ1v) is 10.4. The maximum absolute atomic E-state index is 11.2. The quantitative estimate of drug-likeness (QED) is 0.526. The van der Waals surface area contributed by atoms with Crippen LogP contribution in [0, 0.1) is 11.5 Å². The zero-order valence-electron chi connectivity index (χ0n) is 12.2. The van der Waals surface area contributed by atoms with Crippen LogP contribution in [0.25, 0.3) is 10.8 Å². The normalized spacial score (nSPS) is 11.0. The third-order valence-corrected chi connectivity index (χ3v) is 3.81. The highest BCUT2D eigenvalue weighted by atomic mass is 35.5. The van der Waals surface area contributed by atoms with Crippen molar-refractivity contribution in [2.75, 3.05) is 0 Å². The summed E-state index contributed by atoms with van der Waals surface area (Å²) in [6.07, 6.45) is 3.40. The van der Waals surface area contributed by atoms with E-state index in [0.29, 0.717) is 10.8 Å². The third kappa shape index (κ3) is 4.03.